The van der Waals surface area contributed by atoms with Crippen LogP contribution in [0.4, 0.5) is 0 Å². The molecule has 0 bridgehead atoms. The zero-order chi connectivity index (χ0) is 19.4. The molecule has 2 heterocycles. The quantitative estimate of drug-likeness (QED) is 0.886. The molecule has 2 aliphatic rings. The summed E-state index contributed by atoms with van der Waals surface area (Å²) in [7, 11) is 2.21. The van der Waals surface area contributed by atoms with Gasteiger partial charge < -0.3 is 10.1 Å². The van der Waals surface area contributed by atoms with Gasteiger partial charge in [0, 0.05) is 44.7 Å². The fourth-order valence-electron chi connectivity index (χ4n) is 4.40. The number of carbonyl (C=O) groups excluding carboxylic acids is 1. The van der Waals surface area contributed by atoms with Gasteiger partial charge in [-0.25, -0.2) is 0 Å². The van der Waals surface area contributed by atoms with Crippen molar-refractivity contribution in [1.82, 2.24) is 15.1 Å². The van der Waals surface area contributed by atoms with Gasteiger partial charge in [-0.3, -0.25) is 14.6 Å². The maximum absolute atomic E-state index is 11.8. The van der Waals surface area contributed by atoms with Crippen LogP contribution in [-0.2, 0) is 11.3 Å². The molecule has 2 aliphatic heterocycles. The van der Waals surface area contributed by atoms with Crippen LogP contribution in [0.2, 0.25) is 0 Å². The summed E-state index contributed by atoms with van der Waals surface area (Å²) >= 11 is 0. The Morgan fingerprint density at radius 1 is 1.04 bits per heavy atom. The molecular weight excluding hydrogens is 350 g/mol. The van der Waals surface area contributed by atoms with Crippen LogP contribution in [0.5, 0.6) is 11.5 Å². The van der Waals surface area contributed by atoms with Crippen LogP contribution in [0, 0.1) is 0 Å². The van der Waals surface area contributed by atoms with Crippen molar-refractivity contribution in [3.05, 3.63) is 60.2 Å². The maximum atomic E-state index is 11.8. The van der Waals surface area contributed by atoms with E-state index in [-0.39, 0.29) is 11.4 Å². The molecule has 2 aromatic rings. The number of piperazine rings is 1. The molecule has 0 aromatic heterocycles. The number of benzene rings is 2. The van der Waals surface area contributed by atoms with Gasteiger partial charge in [0.1, 0.15) is 11.5 Å². The maximum Gasteiger partial charge on any atom is 0.220 e. The second kappa shape index (κ2) is 8.33. The molecule has 1 N–H and O–H groups in total. The highest BCUT2D eigenvalue weighted by Crippen LogP contribution is 2.31. The first kappa shape index (κ1) is 19.0. The van der Waals surface area contributed by atoms with E-state index >= 15 is 0 Å². The van der Waals surface area contributed by atoms with E-state index in [4.69, 9.17) is 4.74 Å². The van der Waals surface area contributed by atoms with E-state index in [9.17, 15) is 4.79 Å². The molecule has 1 unspecified atom stereocenters. The fourth-order valence-corrected chi connectivity index (χ4v) is 4.40. The third-order valence-corrected chi connectivity index (χ3v) is 6.09. The largest absolute Gasteiger partial charge is 0.457 e. The lowest BCUT2D eigenvalue weighted by atomic mass is 9.86. The number of hydrogen-bond donors (Lipinski definition) is 1. The minimum Gasteiger partial charge on any atom is -0.457 e. The Balaban J connectivity index is 1.44. The van der Waals surface area contributed by atoms with Crippen molar-refractivity contribution in [2.75, 3.05) is 33.2 Å². The molecule has 1 spiro atoms. The van der Waals surface area contributed by atoms with E-state index in [0.29, 0.717) is 6.42 Å². The minimum atomic E-state index is 0.0928. The average Bonchev–Trinajstić information content (AvgIpc) is 2.88. The SMILES string of the molecule is CN1CCN(Cc2cccc(Oc3ccccc3)c2)CC12CCNC(=O)CC2. The highest BCUT2D eigenvalue weighted by molar-refractivity contribution is 5.76. The van der Waals surface area contributed by atoms with Crippen molar-refractivity contribution < 1.29 is 9.53 Å². The lowest BCUT2D eigenvalue weighted by Gasteiger charge is -2.49. The van der Waals surface area contributed by atoms with Crippen molar-refractivity contribution >= 4 is 5.91 Å². The van der Waals surface area contributed by atoms with Crippen LogP contribution in [-0.4, -0.2) is 54.5 Å². The molecule has 5 nitrogen and oxygen atoms in total. The number of likely N-dealkylation sites (N-methyl/N-ethyl adjacent to an activating group) is 1. The third-order valence-electron chi connectivity index (χ3n) is 6.09. The summed E-state index contributed by atoms with van der Waals surface area (Å²) in [5.41, 5.74) is 1.35. The fraction of sp³-hybridized carbons (Fsp3) is 0.435. The van der Waals surface area contributed by atoms with Crippen LogP contribution < -0.4 is 10.1 Å². The van der Waals surface area contributed by atoms with Gasteiger partial charge in [-0.15, -0.1) is 0 Å². The lowest BCUT2D eigenvalue weighted by Crippen LogP contribution is -2.60. The number of ether oxygens (including phenoxy) is 1. The number of rotatable bonds is 4. The highest BCUT2D eigenvalue weighted by atomic mass is 16.5. The van der Waals surface area contributed by atoms with Gasteiger partial charge in [-0.1, -0.05) is 30.3 Å². The van der Waals surface area contributed by atoms with Crippen LogP contribution in [0.15, 0.2) is 54.6 Å². The molecule has 28 heavy (non-hydrogen) atoms. The summed E-state index contributed by atoms with van der Waals surface area (Å²) < 4.78 is 5.99. The third kappa shape index (κ3) is 4.37. The van der Waals surface area contributed by atoms with E-state index in [0.717, 1.165) is 57.1 Å². The Morgan fingerprint density at radius 2 is 1.86 bits per heavy atom. The summed E-state index contributed by atoms with van der Waals surface area (Å²) in [6.45, 7) is 4.76. The Kier molecular flexibility index (Phi) is 5.64. The number of para-hydroxylation sites is 1. The van der Waals surface area contributed by atoms with Crippen LogP contribution in [0.25, 0.3) is 0 Å². The zero-order valence-electron chi connectivity index (χ0n) is 16.6. The number of hydrogen-bond acceptors (Lipinski definition) is 4. The zero-order valence-corrected chi connectivity index (χ0v) is 16.6. The van der Waals surface area contributed by atoms with Gasteiger partial charge in [-0.05, 0) is 49.7 Å². The highest BCUT2D eigenvalue weighted by Gasteiger charge is 2.40. The van der Waals surface area contributed by atoms with Crippen molar-refractivity contribution in [1.29, 1.82) is 0 Å². The Labute approximate surface area is 167 Å². The summed E-state index contributed by atoms with van der Waals surface area (Å²) in [5.74, 6) is 1.92. The number of nitrogens with zero attached hydrogens (tertiary/aromatic N) is 2. The van der Waals surface area contributed by atoms with E-state index in [1.54, 1.807) is 0 Å². The van der Waals surface area contributed by atoms with E-state index < -0.39 is 0 Å². The van der Waals surface area contributed by atoms with E-state index in [2.05, 4.69) is 40.4 Å². The van der Waals surface area contributed by atoms with Crippen LogP contribution in [0.3, 0.4) is 0 Å². The summed E-state index contributed by atoms with van der Waals surface area (Å²) in [4.78, 5) is 16.8. The Bertz CT molecular complexity index is 811. The van der Waals surface area contributed by atoms with Crippen LogP contribution in [0.1, 0.15) is 24.8 Å². The second-order valence-electron chi connectivity index (χ2n) is 8.02. The molecule has 0 aliphatic carbocycles. The smallest absolute Gasteiger partial charge is 0.220 e. The predicted octanol–water partition coefficient (Wildman–Crippen LogP) is 3.27. The topological polar surface area (TPSA) is 44.8 Å². The molecule has 4 rings (SSSR count). The minimum absolute atomic E-state index is 0.0928. The normalized spacial score (nSPS) is 24.0. The number of carbonyl (C=O) groups is 1. The first-order chi connectivity index (χ1) is 13.6. The second-order valence-corrected chi connectivity index (χ2v) is 8.02. The Morgan fingerprint density at radius 3 is 2.71 bits per heavy atom. The lowest BCUT2D eigenvalue weighted by molar-refractivity contribution is -0.121. The predicted molar refractivity (Wildman–Crippen MR) is 110 cm³/mol. The molecule has 1 amide bonds. The summed E-state index contributed by atoms with van der Waals surface area (Å²) in [6.07, 6.45) is 2.57. The molecule has 148 valence electrons. The van der Waals surface area contributed by atoms with Gasteiger partial charge in [0.05, 0.1) is 0 Å². The van der Waals surface area contributed by atoms with Gasteiger partial charge in [0.2, 0.25) is 5.91 Å². The van der Waals surface area contributed by atoms with Crippen molar-refractivity contribution in [3.8, 4) is 11.5 Å². The number of amides is 1. The van der Waals surface area contributed by atoms with Gasteiger partial charge in [0.15, 0.2) is 0 Å². The standard InChI is InChI=1S/C23H29N3O2/c1-25-14-15-26(18-23(25)11-10-22(27)24-13-12-23)17-19-6-5-9-21(16-19)28-20-7-3-2-4-8-20/h2-9,16H,10-15,17-18H2,1H3,(H,24,27). The molecule has 1 atom stereocenters. The molecule has 5 heteroatoms. The average molecular weight is 380 g/mol. The molecule has 0 radical (unpaired) electrons. The summed E-state index contributed by atoms with van der Waals surface area (Å²) in [6, 6.07) is 18.3. The van der Waals surface area contributed by atoms with Crippen molar-refractivity contribution in [2.45, 2.75) is 31.3 Å². The first-order valence-corrected chi connectivity index (χ1v) is 10.2. The monoisotopic (exact) mass is 379 g/mol. The molecule has 2 fully saturated rings. The summed E-state index contributed by atoms with van der Waals surface area (Å²) in [5, 5.41) is 3.03. The van der Waals surface area contributed by atoms with E-state index in [1.165, 1.54) is 5.56 Å². The first-order valence-electron chi connectivity index (χ1n) is 10.2. The molecule has 0 saturated carbocycles. The molecule has 2 saturated heterocycles. The van der Waals surface area contributed by atoms with Gasteiger partial charge in [0.25, 0.3) is 0 Å². The van der Waals surface area contributed by atoms with Crippen LogP contribution >= 0.6 is 0 Å². The van der Waals surface area contributed by atoms with Gasteiger partial charge >= 0.3 is 0 Å². The Hall–Kier alpha value is -2.37. The van der Waals surface area contributed by atoms with Crippen molar-refractivity contribution in [2.24, 2.45) is 0 Å². The molecule has 2 aromatic carbocycles. The van der Waals surface area contributed by atoms with Gasteiger partial charge in [-0.2, -0.15) is 0 Å². The molecular formula is C23H29N3O2. The number of nitrogens with one attached hydrogen (secondary N) is 1. The van der Waals surface area contributed by atoms with Crippen molar-refractivity contribution in [3.63, 3.8) is 0 Å². The van der Waals surface area contributed by atoms with E-state index in [1.807, 2.05) is 36.4 Å².